The van der Waals surface area contributed by atoms with Crippen molar-refractivity contribution >= 4 is 17.4 Å². The summed E-state index contributed by atoms with van der Waals surface area (Å²) in [5.41, 5.74) is 6.11. The minimum Gasteiger partial charge on any atom is -0.484 e. The Morgan fingerprint density at radius 2 is 1.88 bits per heavy atom. The van der Waals surface area contributed by atoms with Gasteiger partial charge in [0, 0.05) is 54.1 Å². The van der Waals surface area contributed by atoms with Crippen molar-refractivity contribution in [1.29, 1.82) is 0 Å². The first-order chi connectivity index (χ1) is 19.6. The van der Waals surface area contributed by atoms with Crippen LogP contribution >= 0.6 is 0 Å². The van der Waals surface area contributed by atoms with E-state index in [0.717, 1.165) is 78.3 Å². The summed E-state index contributed by atoms with van der Waals surface area (Å²) in [7, 11) is 0. The average Bonchev–Trinajstić information content (AvgIpc) is 3.54. The number of benzene rings is 2. The lowest BCUT2D eigenvalue weighted by Crippen LogP contribution is -2.37. The lowest BCUT2D eigenvalue weighted by Gasteiger charge is -2.28. The number of aromatic nitrogens is 4. The molecule has 0 fully saturated rings. The quantitative estimate of drug-likeness (QED) is 0.236. The first-order valence-corrected chi connectivity index (χ1v) is 14.1. The number of likely N-dealkylation sites (N-methyl/N-ethyl adjacent to an activating group) is 1. The molecule has 1 aliphatic heterocycles. The second kappa shape index (κ2) is 12.7. The van der Waals surface area contributed by atoms with Crippen LogP contribution in [-0.4, -0.2) is 56.7 Å². The number of ether oxygens (including phenoxy) is 1. The maximum atomic E-state index is 12.3. The van der Waals surface area contributed by atoms with Crippen molar-refractivity contribution in [1.82, 2.24) is 30.4 Å². The van der Waals surface area contributed by atoms with Gasteiger partial charge in [0.1, 0.15) is 11.6 Å². The van der Waals surface area contributed by atoms with Crippen molar-refractivity contribution in [3.63, 3.8) is 0 Å². The number of H-pyrrole nitrogens is 1. The van der Waals surface area contributed by atoms with Gasteiger partial charge in [-0.15, -0.1) is 0 Å². The Kier molecular flexibility index (Phi) is 8.71. The van der Waals surface area contributed by atoms with Crippen LogP contribution in [0.15, 0.2) is 60.9 Å². The minimum atomic E-state index is -0.116. The summed E-state index contributed by atoms with van der Waals surface area (Å²) >= 11 is 0. The molecule has 9 heteroatoms. The van der Waals surface area contributed by atoms with E-state index in [9.17, 15) is 4.79 Å². The van der Waals surface area contributed by atoms with Gasteiger partial charge in [0.15, 0.2) is 12.4 Å². The van der Waals surface area contributed by atoms with Crippen LogP contribution in [0.2, 0.25) is 0 Å². The van der Waals surface area contributed by atoms with Gasteiger partial charge in [-0.05, 0) is 49.2 Å². The zero-order valence-corrected chi connectivity index (χ0v) is 23.4. The highest BCUT2D eigenvalue weighted by atomic mass is 16.5. The molecule has 1 aliphatic rings. The monoisotopic (exact) mass is 539 g/mol. The van der Waals surface area contributed by atoms with Crippen LogP contribution in [0.25, 0.3) is 22.5 Å². The van der Waals surface area contributed by atoms with Crippen LogP contribution in [-0.2, 0) is 17.8 Å². The van der Waals surface area contributed by atoms with Gasteiger partial charge in [-0.1, -0.05) is 45.0 Å². The number of fused-ring (bicyclic) bond motifs is 1. The predicted molar refractivity (Wildman–Crippen MR) is 157 cm³/mol. The Bertz CT molecular complexity index is 1420. The molecule has 3 N–H and O–H groups in total. The second-order valence-electron chi connectivity index (χ2n) is 10.0. The SMILES string of the molecule is CCC(CC)NC(=O)COc1cccc(-c2nc3c(c(Nc4ccc(-c5cn[nH]c5)cc4)n2)CN(CC)CC3)c1. The first-order valence-electron chi connectivity index (χ1n) is 14.1. The van der Waals surface area contributed by atoms with Crippen LogP contribution in [0.1, 0.15) is 44.9 Å². The normalized spacial score (nSPS) is 13.2. The topological polar surface area (TPSA) is 108 Å². The van der Waals surface area contributed by atoms with E-state index in [2.05, 4.69) is 70.8 Å². The molecule has 9 nitrogen and oxygen atoms in total. The molecule has 0 saturated carbocycles. The second-order valence-corrected chi connectivity index (χ2v) is 10.0. The van der Waals surface area contributed by atoms with Crippen LogP contribution < -0.4 is 15.4 Å². The summed E-state index contributed by atoms with van der Waals surface area (Å²) in [4.78, 5) is 24.7. The van der Waals surface area contributed by atoms with Crippen LogP contribution in [0.5, 0.6) is 5.75 Å². The number of nitrogens with one attached hydrogen (secondary N) is 3. The van der Waals surface area contributed by atoms with Crippen molar-refractivity contribution in [2.45, 2.75) is 52.6 Å². The van der Waals surface area contributed by atoms with Crippen LogP contribution in [0.3, 0.4) is 0 Å². The fourth-order valence-electron chi connectivity index (χ4n) is 4.90. The van der Waals surface area contributed by atoms with Gasteiger partial charge in [-0.25, -0.2) is 9.97 Å². The number of hydrogen-bond acceptors (Lipinski definition) is 7. The molecule has 1 amide bonds. The van der Waals surface area contributed by atoms with E-state index >= 15 is 0 Å². The molecule has 2 aromatic carbocycles. The molecule has 0 atom stereocenters. The van der Waals surface area contributed by atoms with Crippen molar-refractivity contribution in [3.8, 4) is 28.3 Å². The molecule has 208 valence electrons. The Labute approximate surface area is 235 Å². The Morgan fingerprint density at radius 3 is 2.60 bits per heavy atom. The van der Waals surface area contributed by atoms with Crippen LogP contribution in [0, 0.1) is 0 Å². The predicted octanol–water partition coefficient (Wildman–Crippen LogP) is 5.34. The Balaban J connectivity index is 1.39. The molecule has 4 aromatic rings. The molecule has 0 aliphatic carbocycles. The summed E-state index contributed by atoms with van der Waals surface area (Å²) < 4.78 is 5.83. The smallest absolute Gasteiger partial charge is 0.258 e. The molecule has 0 saturated heterocycles. The number of aromatic amines is 1. The molecular formula is C31H37N7O2. The highest BCUT2D eigenvalue weighted by Crippen LogP contribution is 2.31. The van der Waals surface area contributed by atoms with E-state index in [1.54, 1.807) is 0 Å². The number of nitrogens with zero attached hydrogens (tertiary/aromatic N) is 4. The third-order valence-corrected chi connectivity index (χ3v) is 7.38. The highest BCUT2D eigenvalue weighted by molar-refractivity contribution is 5.78. The van der Waals surface area contributed by atoms with Gasteiger partial charge in [-0.3, -0.25) is 14.8 Å². The fourth-order valence-corrected chi connectivity index (χ4v) is 4.90. The fraction of sp³-hybridized carbons (Fsp3) is 0.355. The number of carbonyl (C=O) groups is 1. The molecule has 2 aromatic heterocycles. The third-order valence-electron chi connectivity index (χ3n) is 7.38. The zero-order chi connectivity index (χ0) is 27.9. The van der Waals surface area contributed by atoms with E-state index in [1.807, 2.05) is 36.7 Å². The third kappa shape index (κ3) is 6.48. The van der Waals surface area contributed by atoms with Gasteiger partial charge >= 0.3 is 0 Å². The molecule has 0 spiro atoms. The van der Waals surface area contributed by atoms with E-state index in [1.165, 1.54) is 0 Å². The summed E-state index contributed by atoms with van der Waals surface area (Å²) in [6.07, 6.45) is 6.35. The number of rotatable bonds is 11. The molecule has 40 heavy (non-hydrogen) atoms. The van der Waals surface area contributed by atoms with Crippen molar-refractivity contribution in [3.05, 3.63) is 72.2 Å². The van der Waals surface area contributed by atoms with Gasteiger partial charge in [0.2, 0.25) is 0 Å². The van der Waals surface area contributed by atoms with Crippen LogP contribution in [0.4, 0.5) is 11.5 Å². The van der Waals surface area contributed by atoms with Crippen molar-refractivity contribution in [2.24, 2.45) is 0 Å². The summed E-state index contributed by atoms with van der Waals surface area (Å²) in [6.45, 7) is 9.03. The summed E-state index contributed by atoms with van der Waals surface area (Å²) in [6, 6.07) is 16.1. The van der Waals surface area contributed by atoms with E-state index in [4.69, 9.17) is 14.7 Å². The van der Waals surface area contributed by atoms with E-state index in [-0.39, 0.29) is 18.6 Å². The summed E-state index contributed by atoms with van der Waals surface area (Å²) in [5, 5.41) is 13.5. The van der Waals surface area contributed by atoms with Gasteiger partial charge in [0.05, 0.1) is 11.9 Å². The van der Waals surface area contributed by atoms with Crippen molar-refractivity contribution in [2.75, 3.05) is 25.0 Å². The lowest BCUT2D eigenvalue weighted by molar-refractivity contribution is -0.123. The zero-order valence-electron chi connectivity index (χ0n) is 23.4. The van der Waals surface area contributed by atoms with Gasteiger partial charge in [-0.2, -0.15) is 5.10 Å². The maximum Gasteiger partial charge on any atom is 0.258 e. The van der Waals surface area contributed by atoms with E-state index in [0.29, 0.717) is 11.6 Å². The highest BCUT2D eigenvalue weighted by Gasteiger charge is 2.22. The molecule has 0 radical (unpaired) electrons. The summed E-state index contributed by atoms with van der Waals surface area (Å²) in [5.74, 6) is 1.94. The van der Waals surface area contributed by atoms with Gasteiger partial charge in [0.25, 0.3) is 5.91 Å². The van der Waals surface area contributed by atoms with E-state index < -0.39 is 0 Å². The van der Waals surface area contributed by atoms with Crippen molar-refractivity contribution < 1.29 is 9.53 Å². The number of amides is 1. The molecule has 3 heterocycles. The average molecular weight is 540 g/mol. The standard InChI is InChI=1S/C31H37N7O2/c1-4-24(5-2)34-29(39)20-40-26-9-7-8-22(16-26)30-36-28-14-15-38(6-3)19-27(28)31(37-30)35-25-12-10-21(11-13-25)23-17-32-33-18-23/h7-13,16-18,24H,4-6,14-15,19-20H2,1-3H3,(H,32,33)(H,34,39)(H,35,36,37). The molecule has 5 rings (SSSR count). The maximum absolute atomic E-state index is 12.3. The largest absolute Gasteiger partial charge is 0.484 e. The molecular weight excluding hydrogens is 502 g/mol. The van der Waals surface area contributed by atoms with Gasteiger partial charge < -0.3 is 15.4 Å². The first kappa shape index (κ1) is 27.3. The lowest BCUT2D eigenvalue weighted by atomic mass is 10.0. The minimum absolute atomic E-state index is 0.0283. The number of carbonyl (C=O) groups excluding carboxylic acids is 1. The molecule has 0 bridgehead atoms. The molecule has 0 unspecified atom stereocenters. The Hall–Kier alpha value is -4.24. The number of anilines is 2. The Morgan fingerprint density at radius 1 is 1.05 bits per heavy atom. The number of hydrogen-bond donors (Lipinski definition) is 3.